The van der Waals surface area contributed by atoms with Gasteiger partial charge in [0.1, 0.15) is 17.3 Å². The lowest BCUT2D eigenvalue weighted by Gasteiger charge is -2.26. The summed E-state index contributed by atoms with van der Waals surface area (Å²) in [5, 5.41) is 11.4. The summed E-state index contributed by atoms with van der Waals surface area (Å²) in [6, 6.07) is 17.5. The third-order valence-corrected chi connectivity index (χ3v) is 6.60. The number of carbonyl (C=O) groups is 3. The molecule has 1 fully saturated rings. The highest BCUT2D eigenvalue weighted by atomic mass is 16.5. The van der Waals surface area contributed by atoms with Crippen LogP contribution in [0.3, 0.4) is 0 Å². The number of Topliss-reactive ketones (excluding diaryl/α,β-unsaturated/α-hetero) is 1. The molecule has 8 nitrogen and oxygen atoms in total. The SMILES string of the molecule is COC(=O)c1cccc(N2C(=O)C(=O)/C(=C(\O)c3ccc4c(c3)CCCO4)C2c2ccc(OC)cc2)c1. The van der Waals surface area contributed by atoms with Gasteiger partial charge in [0.2, 0.25) is 0 Å². The lowest BCUT2D eigenvalue weighted by molar-refractivity contribution is -0.132. The molecule has 37 heavy (non-hydrogen) atoms. The van der Waals surface area contributed by atoms with Gasteiger partial charge in [-0.15, -0.1) is 0 Å². The minimum atomic E-state index is -0.939. The third-order valence-electron chi connectivity index (χ3n) is 6.60. The Labute approximate surface area is 213 Å². The number of carbonyl (C=O) groups excluding carboxylic acids is 3. The molecule has 5 rings (SSSR count). The van der Waals surface area contributed by atoms with Gasteiger partial charge in [-0.1, -0.05) is 18.2 Å². The Morgan fingerprint density at radius 2 is 1.78 bits per heavy atom. The fourth-order valence-electron chi connectivity index (χ4n) is 4.76. The number of aliphatic hydroxyl groups is 1. The molecule has 0 radical (unpaired) electrons. The predicted molar refractivity (Wildman–Crippen MR) is 136 cm³/mol. The van der Waals surface area contributed by atoms with Crippen molar-refractivity contribution < 1.29 is 33.7 Å². The number of anilines is 1. The van der Waals surface area contributed by atoms with E-state index in [-0.39, 0.29) is 16.9 Å². The molecule has 1 unspecified atom stereocenters. The van der Waals surface area contributed by atoms with Gasteiger partial charge in [0, 0.05) is 11.3 Å². The standard InChI is InChI=1S/C29H25NO7/c1-35-22-11-8-17(9-12-22)25-24(26(31)19-10-13-23-18(15-19)6-4-14-37-23)27(32)28(33)30(25)21-7-3-5-20(16-21)29(34)36-2/h3,5,7-13,15-16,25,31H,4,6,14H2,1-2H3/b26-24-. The molecule has 0 saturated carbocycles. The van der Waals surface area contributed by atoms with Crippen molar-refractivity contribution in [1.29, 1.82) is 0 Å². The van der Waals surface area contributed by atoms with Crippen LogP contribution in [0.25, 0.3) is 5.76 Å². The van der Waals surface area contributed by atoms with Gasteiger partial charge in [0.15, 0.2) is 0 Å². The first kappa shape index (κ1) is 24.1. The molecular formula is C29H25NO7. The number of fused-ring (bicyclic) bond motifs is 1. The van der Waals surface area contributed by atoms with Crippen molar-refractivity contribution in [2.24, 2.45) is 0 Å². The number of hydrogen-bond acceptors (Lipinski definition) is 7. The topological polar surface area (TPSA) is 102 Å². The average molecular weight is 500 g/mol. The van der Waals surface area contributed by atoms with Crippen LogP contribution in [0, 0.1) is 0 Å². The van der Waals surface area contributed by atoms with E-state index >= 15 is 0 Å². The van der Waals surface area contributed by atoms with Crippen LogP contribution in [0.1, 0.15) is 39.5 Å². The Morgan fingerprint density at radius 3 is 2.51 bits per heavy atom. The number of esters is 1. The summed E-state index contributed by atoms with van der Waals surface area (Å²) in [7, 11) is 2.81. The third kappa shape index (κ3) is 4.31. The average Bonchev–Trinajstić information content (AvgIpc) is 3.21. The van der Waals surface area contributed by atoms with Crippen LogP contribution >= 0.6 is 0 Å². The van der Waals surface area contributed by atoms with E-state index in [4.69, 9.17) is 14.2 Å². The van der Waals surface area contributed by atoms with E-state index in [1.165, 1.54) is 18.1 Å². The van der Waals surface area contributed by atoms with Crippen LogP contribution in [0.4, 0.5) is 5.69 Å². The molecular weight excluding hydrogens is 474 g/mol. The largest absolute Gasteiger partial charge is 0.507 e. The summed E-state index contributed by atoms with van der Waals surface area (Å²) in [6.07, 6.45) is 1.64. The normalized spacial score (nSPS) is 18.2. The molecule has 1 saturated heterocycles. The first-order chi connectivity index (χ1) is 17.9. The van der Waals surface area contributed by atoms with E-state index in [1.807, 2.05) is 0 Å². The fraction of sp³-hybridized carbons (Fsp3) is 0.207. The molecule has 8 heteroatoms. The highest BCUT2D eigenvalue weighted by Crippen LogP contribution is 2.43. The number of aryl methyl sites for hydroxylation is 1. The minimum Gasteiger partial charge on any atom is -0.507 e. The number of rotatable bonds is 5. The monoisotopic (exact) mass is 499 g/mol. The molecule has 0 bridgehead atoms. The van der Waals surface area contributed by atoms with E-state index in [0.29, 0.717) is 29.2 Å². The van der Waals surface area contributed by atoms with Gasteiger partial charge in [0.25, 0.3) is 11.7 Å². The number of nitrogens with zero attached hydrogens (tertiary/aromatic N) is 1. The van der Waals surface area contributed by atoms with E-state index in [2.05, 4.69) is 0 Å². The second kappa shape index (κ2) is 9.81. The van der Waals surface area contributed by atoms with Gasteiger partial charge < -0.3 is 19.3 Å². The van der Waals surface area contributed by atoms with Crippen LogP contribution in [-0.2, 0) is 20.7 Å². The summed E-state index contributed by atoms with van der Waals surface area (Å²) in [6.45, 7) is 0.631. The summed E-state index contributed by atoms with van der Waals surface area (Å²) in [5.41, 5.74) is 2.44. The molecule has 2 heterocycles. The summed E-state index contributed by atoms with van der Waals surface area (Å²) in [4.78, 5) is 40.3. The Morgan fingerprint density at radius 1 is 1.00 bits per heavy atom. The Kier molecular flexibility index (Phi) is 6.40. The first-order valence-corrected chi connectivity index (χ1v) is 11.8. The van der Waals surface area contributed by atoms with Crippen molar-refractivity contribution in [1.82, 2.24) is 0 Å². The molecule has 188 valence electrons. The van der Waals surface area contributed by atoms with Crippen molar-refractivity contribution in [3.05, 3.63) is 94.6 Å². The van der Waals surface area contributed by atoms with Gasteiger partial charge in [-0.2, -0.15) is 0 Å². The van der Waals surface area contributed by atoms with E-state index in [0.717, 1.165) is 24.2 Å². The highest BCUT2D eigenvalue weighted by Gasteiger charge is 2.47. The summed E-state index contributed by atoms with van der Waals surface area (Å²) < 4.78 is 15.8. The smallest absolute Gasteiger partial charge is 0.337 e. The quantitative estimate of drug-likeness (QED) is 0.240. The Bertz CT molecular complexity index is 1420. The lowest BCUT2D eigenvalue weighted by Crippen LogP contribution is -2.29. The molecule has 3 aromatic carbocycles. The van der Waals surface area contributed by atoms with Crippen LogP contribution in [0.15, 0.2) is 72.3 Å². The Hall–Kier alpha value is -4.59. The fourth-order valence-corrected chi connectivity index (χ4v) is 4.76. The number of hydrogen-bond donors (Lipinski definition) is 1. The zero-order valence-electron chi connectivity index (χ0n) is 20.4. The zero-order valence-corrected chi connectivity index (χ0v) is 20.4. The van der Waals surface area contributed by atoms with Crippen molar-refractivity contribution >= 4 is 29.1 Å². The van der Waals surface area contributed by atoms with Crippen LogP contribution < -0.4 is 14.4 Å². The first-order valence-electron chi connectivity index (χ1n) is 11.8. The molecule has 0 aromatic heterocycles. The van der Waals surface area contributed by atoms with Crippen LogP contribution in [-0.4, -0.2) is 43.6 Å². The number of ketones is 1. The summed E-state index contributed by atoms with van der Waals surface area (Å²) >= 11 is 0. The van der Waals surface area contributed by atoms with Crippen molar-refractivity contribution in [3.63, 3.8) is 0 Å². The lowest BCUT2D eigenvalue weighted by atomic mass is 9.93. The van der Waals surface area contributed by atoms with Gasteiger partial charge in [-0.05, 0) is 72.5 Å². The number of amides is 1. The van der Waals surface area contributed by atoms with Crippen molar-refractivity contribution in [2.75, 3.05) is 25.7 Å². The maximum atomic E-state index is 13.4. The number of benzene rings is 3. The molecule has 0 spiro atoms. The van der Waals surface area contributed by atoms with Crippen molar-refractivity contribution in [2.45, 2.75) is 18.9 Å². The molecule has 3 aromatic rings. The van der Waals surface area contributed by atoms with Crippen molar-refractivity contribution in [3.8, 4) is 11.5 Å². The van der Waals surface area contributed by atoms with Crippen LogP contribution in [0.2, 0.25) is 0 Å². The second-order valence-electron chi connectivity index (χ2n) is 8.76. The summed E-state index contributed by atoms with van der Waals surface area (Å²) in [5.74, 6) is -1.14. The number of ether oxygens (including phenoxy) is 3. The predicted octanol–water partition coefficient (Wildman–Crippen LogP) is 4.43. The zero-order chi connectivity index (χ0) is 26.1. The van der Waals surface area contributed by atoms with E-state index < -0.39 is 23.7 Å². The molecule has 1 amide bonds. The molecule has 0 aliphatic carbocycles. The number of aliphatic hydroxyl groups excluding tert-OH is 1. The van der Waals surface area contributed by atoms with Gasteiger partial charge >= 0.3 is 5.97 Å². The van der Waals surface area contributed by atoms with E-state index in [1.54, 1.807) is 67.8 Å². The maximum Gasteiger partial charge on any atom is 0.337 e. The van der Waals surface area contributed by atoms with Crippen LogP contribution in [0.5, 0.6) is 11.5 Å². The molecule has 1 N–H and O–H groups in total. The van der Waals surface area contributed by atoms with Gasteiger partial charge in [-0.25, -0.2) is 4.79 Å². The molecule has 1 atom stereocenters. The second-order valence-corrected chi connectivity index (χ2v) is 8.76. The van der Waals surface area contributed by atoms with Gasteiger partial charge in [0.05, 0.1) is 38.0 Å². The maximum absolute atomic E-state index is 13.4. The van der Waals surface area contributed by atoms with E-state index in [9.17, 15) is 19.5 Å². The molecule has 2 aliphatic heterocycles. The highest BCUT2D eigenvalue weighted by molar-refractivity contribution is 6.51. The Balaban J connectivity index is 1.68. The molecule has 2 aliphatic rings. The van der Waals surface area contributed by atoms with Gasteiger partial charge in [-0.3, -0.25) is 14.5 Å². The minimum absolute atomic E-state index is 0.0460. The number of methoxy groups -OCH3 is 2.